The van der Waals surface area contributed by atoms with E-state index in [4.69, 9.17) is 0 Å². The summed E-state index contributed by atoms with van der Waals surface area (Å²) in [5.41, 5.74) is 0. The molecule has 20 heavy (non-hydrogen) atoms. The van der Waals surface area contributed by atoms with Gasteiger partial charge in [-0.3, -0.25) is 4.79 Å². The molecule has 1 aliphatic heterocycles. The van der Waals surface area contributed by atoms with Crippen molar-refractivity contribution < 1.29 is 14.7 Å². The highest BCUT2D eigenvalue weighted by Crippen LogP contribution is 2.33. The minimum atomic E-state index is -0.942. The first-order chi connectivity index (χ1) is 9.47. The maximum Gasteiger partial charge on any atom is 0.326 e. The van der Waals surface area contributed by atoms with Crippen molar-refractivity contribution in [2.24, 2.45) is 11.8 Å². The molecule has 1 saturated carbocycles. The molecule has 5 nitrogen and oxygen atoms in total. The number of carboxylic acid groups (broad SMARTS) is 1. The van der Waals surface area contributed by atoms with E-state index >= 15 is 0 Å². The van der Waals surface area contributed by atoms with E-state index in [9.17, 15) is 14.7 Å². The van der Waals surface area contributed by atoms with Crippen molar-refractivity contribution in [2.75, 3.05) is 0 Å². The molecule has 2 aliphatic rings. The van der Waals surface area contributed by atoms with Gasteiger partial charge in [0.1, 0.15) is 6.04 Å². The average Bonchev–Trinajstić information content (AvgIpc) is 2.81. The second-order valence-electron chi connectivity index (χ2n) is 6.63. The van der Waals surface area contributed by atoms with E-state index < -0.39 is 12.0 Å². The molecular weight excluding hydrogens is 256 g/mol. The molecule has 1 saturated heterocycles. The predicted octanol–water partition coefficient (Wildman–Crippen LogP) is 1.52. The van der Waals surface area contributed by atoms with Gasteiger partial charge in [-0.05, 0) is 37.5 Å². The number of nitrogens with one attached hydrogen (secondary N) is 2. The Morgan fingerprint density at radius 1 is 1.30 bits per heavy atom. The van der Waals surface area contributed by atoms with E-state index in [0.717, 1.165) is 12.8 Å². The fraction of sp³-hybridized carbons (Fsp3) is 0.867. The summed E-state index contributed by atoms with van der Waals surface area (Å²) in [5, 5.41) is 15.3. The lowest BCUT2D eigenvalue weighted by Crippen LogP contribution is -2.49. The number of hydrogen-bond acceptors (Lipinski definition) is 3. The molecule has 0 bridgehead atoms. The van der Waals surface area contributed by atoms with Crippen LogP contribution in [0.15, 0.2) is 0 Å². The van der Waals surface area contributed by atoms with Crippen molar-refractivity contribution in [1.29, 1.82) is 0 Å². The van der Waals surface area contributed by atoms with Crippen LogP contribution in [0.3, 0.4) is 0 Å². The van der Waals surface area contributed by atoms with Crippen LogP contribution in [-0.4, -0.2) is 35.1 Å². The van der Waals surface area contributed by atoms with E-state index in [0.29, 0.717) is 18.4 Å². The molecule has 1 heterocycles. The van der Waals surface area contributed by atoms with Gasteiger partial charge in [-0.25, -0.2) is 4.79 Å². The molecule has 2 rings (SSSR count). The number of amides is 1. The van der Waals surface area contributed by atoms with Crippen LogP contribution in [0.25, 0.3) is 0 Å². The molecule has 0 aromatic heterocycles. The van der Waals surface area contributed by atoms with Crippen LogP contribution in [0.2, 0.25) is 0 Å². The van der Waals surface area contributed by atoms with Crippen LogP contribution in [0.4, 0.5) is 0 Å². The highest BCUT2D eigenvalue weighted by Gasteiger charge is 2.39. The summed E-state index contributed by atoms with van der Waals surface area (Å²) in [6.45, 7) is 3.93. The van der Waals surface area contributed by atoms with Gasteiger partial charge in [-0.1, -0.05) is 26.7 Å². The van der Waals surface area contributed by atoms with Gasteiger partial charge in [0.2, 0.25) is 5.91 Å². The fourth-order valence-electron chi connectivity index (χ4n) is 3.49. The predicted molar refractivity (Wildman–Crippen MR) is 76.3 cm³/mol. The Kier molecular flexibility index (Phi) is 5.02. The van der Waals surface area contributed by atoms with Crippen molar-refractivity contribution in [3.8, 4) is 0 Å². The molecule has 1 aliphatic carbocycles. The minimum absolute atomic E-state index is 0.146. The van der Waals surface area contributed by atoms with Crippen LogP contribution in [0.5, 0.6) is 0 Å². The van der Waals surface area contributed by atoms with E-state index in [-0.39, 0.29) is 17.9 Å². The topological polar surface area (TPSA) is 78.4 Å². The zero-order valence-electron chi connectivity index (χ0n) is 12.4. The zero-order valence-corrected chi connectivity index (χ0v) is 12.4. The standard InChI is InChI=1S/C15H26N2O3/c1-9(2)7-13(15(19)20)17-14(18)12-8-10-5-3-4-6-11(10)16-12/h9-13,16H,3-8H2,1-2H3,(H,17,18)(H,19,20)/t10?,11?,12?,13-/m1/s1. The normalized spacial score (nSPS) is 30.9. The van der Waals surface area contributed by atoms with Crippen molar-refractivity contribution in [2.45, 2.75) is 70.5 Å². The molecule has 114 valence electrons. The van der Waals surface area contributed by atoms with Gasteiger partial charge in [0, 0.05) is 6.04 Å². The van der Waals surface area contributed by atoms with Gasteiger partial charge < -0.3 is 15.7 Å². The van der Waals surface area contributed by atoms with Gasteiger partial charge in [0.15, 0.2) is 0 Å². The molecule has 3 unspecified atom stereocenters. The third-order valence-corrected chi connectivity index (χ3v) is 4.50. The van der Waals surface area contributed by atoms with Gasteiger partial charge in [-0.15, -0.1) is 0 Å². The maximum atomic E-state index is 12.2. The average molecular weight is 282 g/mol. The Morgan fingerprint density at radius 2 is 2.00 bits per heavy atom. The lowest BCUT2D eigenvalue weighted by atomic mass is 9.85. The van der Waals surface area contributed by atoms with Crippen LogP contribution >= 0.6 is 0 Å². The first kappa shape index (κ1) is 15.3. The number of fused-ring (bicyclic) bond motifs is 1. The number of aliphatic carboxylic acids is 1. The van der Waals surface area contributed by atoms with Gasteiger partial charge in [-0.2, -0.15) is 0 Å². The molecule has 4 atom stereocenters. The zero-order chi connectivity index (χ0) is 14.7. The molecule has 0 aromatic carbocycles. The summed E-state index contributed by atoms with van der Waals surface area (Å²) in [4.78, 5) is 23.4. The number of rotatable bonds is 5. The Hall–Kier alpha value is -1.10. The lowest BCUT2D eigenvalue weighted by molar-refractivity contribution is -0.142. The van der Waals surface area contributed by atoms with Gasteiger partial charge >= 0.3 is 5.97 Å². The number of carbonyl (C=O) groups excluding carboxylic acids is 1. The molecule has 5 heteroatoms. The lowest BCUT2D eigenvalue weighted by Gasteiger charge is -2.24. The summed E-state index contributed by atoms with van der Waals surface area (Å²) in [6.07, 6.45) is 6.14. The monoisotopic (exact) mass is 282 g/mol. The fourth-order valence-corrected chi connectivity index (χ4v) is 3.49. The summed E-state index contributed by atoms with van der Waals surface area (Å²) >= 11 is 0. The highest BCUT2D eigenvalue weighted by atomic mass is 16.4. The van der Waals surface area contributed by atoms with Crippen LogP contribution in [0.1, 0.15) is 52.4 Å². The van der Waals surface area contributed by atoms with E-state index in [1.165, 1.54) is 19.3 Å². The molecule has 1 amide bonds. The number of carbonyl (C=O) groups is 2. The molecule has 2 fully saturated rings. The Bertz CT molecular complexity index is 356. The number of carboxylic acids is 1. The minimum Gasteiger partial charge on any atom is -0.480 e. The second-order valence-corrected chi connectivity index (χ2v) is 6.63. The third kappa shape index (κ3) is 3.72. The molecule has 0 aromatic rings. The molecular formula is C15H26N2O3. The van der Waals surface area contributed by atoms with Crippen LogP contribution < -0.4 is 10.6 Å². The first-order valence-corrected chi connectivity index (χ1v) is 7.76. The van der Waals surface area contributed by atoms with Crippen molar-refractivity contribution in [1.82, 2.24) is 10.6 Å². The highest BCUT2D eigenvalue weighted by molar-refractivity contribution is 5.87. The first-order valence-electron chi connectivity index (χ1n) is 7.76. The third-order valence-electron chi connectivity index (χ3n) is 4.50. The van der Waals surface area contributed by atoms with Gasteiger partial charge in [0.05, 0.1) is 6.04 Å². The van der Waals surface area contributed by atoms with Crippen molar-refractivity contribution in [3.63, 3.8) is 0 Å². The molecule has 0 spiro atoms. The maximum absolute atomic E-state index is 12.2. The van der Waals surface area contributed by atoms with E-state index in [1.807, 2.05) is 13.8 Å². The summed E-state index contributed by atoms with van der Waals surface area (Å²) in [7, 11) is 0. The Balaban J connectivity index is 1.89. The van der Waals surface area contributed by atoms with Crippen LogP contribution in [-0.2, 0) is 9.59 Å². The van der Waals surface area contributed by atoms with Crippen LogP contribution in [0, 0.1) is 11.8 Å². The summed E-state index contributed by atoms with van der Waals surface area (Å²) < 4.78 is 0. The smallest absolute Gasteiger partial charge is 0.326 e. The number of hydrogen-bond donors (Lipinski definition) is 3. The molecule has 0 radical (unpaired) electrons. The quantitative estimate of drug-likeness (QED) is 0.714. The van der Waals surface area contributed by atoms with E-state index in [1.54, 1.807) is 0 Å². The largest absolute Gasteiger partial charge is 0.480 e. The van der Waals surface area contributed by atoms with E-state index in [2.05, 4.69) is 10.6 Å². The summed E-state index contributed by atoms with van der Waals surface area (Å²) in [6, 6.07) is -0.531. The SMILES string of the molecule is CC(C)C[C@@H](NC(=O)C1CC2CCCCC2N1)C(=O)O. The second kappa shape index (κ2) is 6.57. The van der Waals surface area contributed by atoms with Crippen molar-refractivity contribution >= 4 is 11.9 Å². The van der Waals surface area contributed by atoms with Crippen molar-refractivity contribution in [3.05, 3.63) is 0 Å². The Morgan fingerprint density at radius 3 is 2.60 bits per heavy atom. The van der Waals surface area contributed by atoms with Gasteiger partial charge in [0.25, 0.3) is 0 Å². The summed E-state index contributed by atoms with van der Waals surface area (Å²) in [5.74, 6) is -0.252. The Labute approximate surface area is 120 Å². The molecule has 3 N–H and O–H groups in total.